The van der Waals surface area contributed by atoms with Crippen LogP contribution < -0.4 is 11.1 Å². The summed E-state index contributed by atoms with van der Waals surface area (Å²) in [7, 11) is 0. The van der Waals surface area contributed by atoms with Crippen molar-refractivity contribution in [3.05, 3.63) is 47.9 Å². The van der Waals surface area contributed by atoms with Gasteiger partial charge in [0.05, 0.1) is 23.9 Å². The molecule has 0 fully saturated rings. The Hall–Kier alpha value is -2.04. The molecule has 0 saturated heterocycles. The zero-order chi connectivity index (χ0) is 11.5. The lowest BCUT2D eigenvalue weighted by Gasteiger charge is -2.09. The van der Waals surface area contributed by atoms with Crippen molar-refractivity contribution in [3.63, 3.8) is 0 Å². The summed E-state index contributed by atoms with van der Waals surface area (Å²) < 4.78 is 31.1. The molecule has 0 radical (unpaired) electrons. The number of hydrogen-bond acceptors (Lipinski definition) is 3. The van der Waals surface area contributed by atoms with Crippen LogP contribution in [0.5, 0.6) is 0 Å². The number of benzene rings is 1. The molecule has 0 aliphatic rings. The maximum atomic E-state index is 13.4. The third kappa shape index (κ3) is 1.98. The zero-order valence-electron chi connectivity index (χ0n) is 8.34. The highest BCUT2D eigenvalue weighted by Crippen LogP contribution is 2.25. The Morgan fingerprint density at radius 3 is 2.75 bits per heavy atom. The van der Waals surface area contributed by atoms with Crippen LogP contribution in [-0.2, 0) is 6.54 Å². The van der Waals surface area contributed by atoms with Crippen LogP contribution in [0.3, 0.4) is 0 Å². The minimum atomic E-state index is -0.969. The lowest BCUT2D eigenvalue weighted by atomic mass is 10.2. The summed E-state index contributed by atoms with van der Waals surface area (Å²) in [5.74, 6) is -1.90. The van der Waals surface area contributed by atoms with Gasteiger partial charge in [-0.1, -0.05) is 0 Å². The number of hydrogen-bond donors (Lipinski definition) is 2. The van der Waals surface area contributed by atoms with E-state index in [0.29, 0.717) is 6.54 Å². The Kier molecular flexibility index (Phi) is 2.76. The monoisotopic (exact) mass is 224 g/mol. The van der Waals surface area contributed by atoms with E-state index >= 15 is 0 Å². The van der Waals surface area contributed by atoms with Gasteiger partial charge in [0.1, 0.15) is 0 Å². The summed E-state index contributed by atoms with van der Waals surface area (Å²) >= 11 is 0. The summed E-state index contributed by atoms with van der Waals surface area (Å²) in [5, 5.41) is 2.72. The molecule has 3 N–H and O–H groups in total. The van der Waals surface area contributed by atoms with E-state index in [9.17, 15) is 8.78 Å². The fourth-order valence-corrected chi connectivity index (χ4v) is 1.33. The molecule has 16 heavy (non-hydrogen) atoms. The van der Waals surface area contributed by atoms with Crippen molar-refractivity contribution >= 4 is 11.4 Å². The van der Waals surface area contributed by atoms with Gasteiger partial charge in [-0.05, 0) is 18.2 Å². The summed E-state index contributed by atoms with van der Waals surface area (Å²) in [6.07, 6.45) is 3.02. The highest BCUT2D eigenvalue weighted by Gasteiger charge is 2.11. The number of anilines is 2. The van der Waals surface area contributed by atoms with Gasteiger partial charge < -0.3 is 15.5 Å². The van der Waals surface area contributed by atoms with Crippen LogP contribution in [0.1, 0.15) is 5.56 Å². The molecule has 0 spiro atoms. The van der Waals surface area contributed by atoms with Crippen LogP contribution in [0.25, 0.3) is 0 Å². The van der Waals surface area contributed by atoms with E-state index in [1.165, 1.54) is 18.6 Å². The van der Waals surface area contributed by atoms with E-state index in [0.717, 1.165) is 11.6 Å². The summed E-state index contributed by atoms with van der Waals surface area (Å²) in [6, 6.07) is 4.03. The van der Waals surface area contributed by atoms with Gasteiger partial charge >= 0.3 is 0 Å². The fourth-order valence-electron chi connectivity index (χ4n) is 1.33. The standard InChI is InChI=1S/C11H10F2N2O/c12-8-1-2-9(14)11(10(8)13)15-5-7-3-4-16-6-7/h1-4,6,15H,5,14H2. The third-order valence-corrected chi connectivity index (χ3v) is 2.18. The Balaban J connectivity index is 2.18. The highest BCUT2D eigenvalue weighted by atomic mass is 19.2. The summed E-state index contributed by atoms with van der Waals surface area (Å²) in [4.78, 5) is 0. The average molecular weight is 224 g/mol. The van der Waals surface area contributed by atoms with Gasteiger partial charge in [-0.3, -0.25) is 0 Å². The van der Waals surface area contributed by atoms with Crippen LogP contribution in [0.15, 0.2) is 35.1 Å². The molecule has 1 heterocycles. The number of nitrogens with one attached hydrogen (secondary N) is 1. The van der Waals surface area contributed by atoms with E-state index in [-0.39, 0.29) is 11.4 Å². The minimum absolute atomic E-state index is 0.0267. The first-order valence-electron chi connectivity index (χ1n) is 4.67. The van der Waals surface area contributed by atoms with Crippen molar-refractivity contribution in [3.8, 4) is 0 Å². The van der Waals surface area contributed by atoms with Gasteiger partial charge in [-0.15, -0.1) is 0 Å². The Bertz CT molecular complexity index is 483. The zero-order valence-corrected chi connectivity index (χ0v) is 8.34. The van der Waals surface area contributed by atoms with Crippen molar-refractivity contribution in [2.45, 2.75) is 6.54 Å². The molecular weight excluding hydrogens is 214 g/mol. The quantitative estimate of drug-likeness (QED) is 0.788. The normalized spacial score (nSPS) is 10.4. The van der Waals surface area contributed by atoms with Crippen molar-refractivity contribution in [2.75, 3.05) is 11.1 Å². The van der Waals surface area contributed by atoms with E-state index in [2.05, 4.69) is 5.32 Å². The van der Waals surface area contributed by atoms with E-state index in [4.69, 9.17) is 10.2 Å². The molecule has 0 atom stereocenters. The Labute approximate surface area is 90.9 Å². The predicted octanol–water partition coefficient (Wildman–Crippen LogP) is 2.75. The maximum Gasteiger partial charge on any atom is 0.183 e. The van der Waals surface area contributed by atoms with E-state index in [1.54, 1.807) is 6.07 Å². The average Bonchev–Trinajstić information content (AvgIpc) is 2.77. The molecule has 0 amide bonds. The third-order valence-electron chi connectivity index (χ3n) is 2.18. The number of nitrogens with two attached hydrogens (primary N) is 1. The van der Waals surface area contributed by atoms with Gasteiger partial charge in [0.2, 0.25) is 0 Å². The Morgan fingerprint density at radius 2 is 2.06 bits per heavy atom. The molecule has 5 heteroatoms. The van der Waals surface area contributed by atoms with Gasteiger partial charge in [0, 0.05) is 12.1 Å². The number of halogens is 2. The van der Waals surface area contributed by atoms with Gasteiger partial charge in [-0.2, -0.15) is 0 Å². The minimum Gasteiger partial charge on any atom is -0.472 e. The van der Waals surface area contributed by atoms with Crippen molar-refractivity contribution in [1.29, 1.82) is 0 Å². The molecule has 0 unspecified atom stereocenters. The lowest BCUT2D eigenvalue weighted by Crippen LogP contribution is -2.05. The van der Waals surface area contributed by atoms with Crippen molar-refractivity contribution in [1.82, 2.24) is 0 Å². The molecular formula is C11H10F2N2O. The SMILES string of the molecule is Nc1ccc(F)c(F)c1NCc1ccoc1. The van der Waals surface area contributed by atoms with Gasteiger partial charge in [-0.25, -0.2) is 8.78 Å². The summed E-state index contributed by atoms with van der Waals surface area (Å²) in [6.45, 7) is 0.321. The van der Waals surface area contributed by atoms with Crippen molar-refractivity contribution in [2.24, 2.45) is 0 Å². The van der Waals surface area contributed by atoms with Gasteiger partial charge in [0.15, 0.2) is 11.6 Å². The molecule has 0 aliphatic carbocycles. The second-order valence-electron chi connectivity index (χ2n) is 3.31. The second kappa shape index (κ2) is 4.22. The second-order valence-corrected chi connectivity index (χ2v) is 3.31. The summed E-state index contributed by atoms with van der Waals surface area (Å²) in [5.41, 5.74) is 6.50. The predicted molar refractivity (Wildman–Crippen MR) is 56.8 cm³/mol. The topological polar surface area (TPSA) is 51.2 Å². The smallest absolute Gasteiger partial charge is 0.183 e. The fraction of sp³-hybridized carbons (Fsp3) is 0.0909. The van der Waals surface area contributed by atoms with Crippen LogP contribution in [0.4, 0.5) is 20.2 Å². The van der Waals surface area contributed by atoms with Crippen LogP contribution in [-0.4, -0.2) is 0 Å². The molecule has 1 aromatic carbocycles. The lowest BCUT2D eigenvalue weighted by molar-refractivity contribution is 0.511. The molecule has 1 aromatic heterocycles. The van der Waals surface area contributed by atoms with E-state index < -0.39 is 11.6 Å². The van der Waals surface area contributed by atoms with Crippen LogP contribution in [0.2, 0.25) is 0 Å². The highest BCUT2D eigenvalue weighted by molar-refractivity contribution is 5.66. The molecule has 2 rings (SSSR count). The number of furan rings is 1. The molecule has 2 aromatic rings. The largest absolute Gasteiger partial charge is 0.472 e. The number of rotatable bonds is 3. The van der Waals surface area contributed by atoms with Crippen LogP contribution in [0, 0.1) is 11.6 Å². The number of nitrogen functional groups attached to an aromatic ring is 1. The molecule has 0 bridgehead atoms. The van der Waals surface area contributed by atoms with Gasteiger partial charge in [0.25, 0.3) is 0 Å². The van der Waals surface area contributed by atoms with Crippen LogP contribution >= 0.6 is 0 Å². The van der Waals surface area contributed by atoms with Crippen molar-refractivity contribution < 1.29 is 13.2 Å². The maximum absolute atomic E-state index is 13.4. The molecule has 0 aliphatic heterocycles. The molecule has 3 nitrogen and oxygen atoms in total. The first-order valence-corrected chi connectivity index (χ1v) is 4.67. The first-order chi connectivity index (χ1) is 7.68. The Morgan fingerprint density at radius 1 is 1.25 bits per heavy atom. The first kappa shape index (κ1) is 10.5. The molecule has 84 valence electrons. The van der Waals surface area contributed by atoms with E-state index in [1.807, 2.05) is 0 Å². The molecule has 0 saturated carbocycles.